The average molecular weight is 589 g/mol. The van der Waals surface area contributed by atoms with Gasteiger partial charge in [0, 0.05) is 6.42 Å². The molecule has 1 unspecified atom stereocenters. The van der Waals surface area contributed by atoms with Gasteiger partial charge >= 0.3 is 12.1 Å². The number of carbonyl (C=O) groups is 2. The molecular weight excluding hydrogens is 563 g/mol. The van der Waals surface area contributed by atoms with E-state index in [4.69, 9.17) is 25.8 Å². The average Bonchev–Trinajstić information content (AvgIpc) is 3.20. The van der Waals surface area contributed by atoms with Crippen molar-refractivity contribution in [1.29, 1.82) is 0 Å². The number of nitrogens with zero attached hydrogens (tertiary/aromatic N) is 2. The molecule has 0 bridgehead atoms. The first-order chi connectivity index (χ1) is 19.1. The number of sulfonamides is 1. The predicted molar refractivity (Wildman–Crippen MR) is 142 cm³/mol. The van der Waals surface area contributed by atoms with Crippen LogP contribution in [0.15, 0.2) is 83.8 Å². The second-order valence-corrected chi connectivity index (χ2v) is 11.7. The Hall–Kier alpha value is -3.67. The lowest BCUT2D eigenvalue weighted by atomic mass is 9.87. The smallest absolute Gasteiger partial charge is 0.414 e. The van der Waals surface area contributed by atoms with Gasteiger partial charge in [0.2, 0.25) is 10.0 Å². The van der Waals surface area contributed by atoms with Crippen molar-refractivity contribution in [3.05, 3.63) is 95.8 Å². The fourth-order valence-corrected chi connectivity index (χ4v) is 6.62. The van der Waals surface area contributed by atoms with Gasteiger partial charge in [0.05, 0.1) is 18.0 Å². The SMILES string of the molecule is CC1OC(=O)[C@H](Cc2cccc(S(=O)(=O)N3CC(Oc4ccc(F)cc4)(c4ccccc4)C3)c2)N1C(=O)OCCl. The molecular formula is C28H26ClFN2O7S. The van der Waals surface area contributed by atoms with Gasteiger partial charge in [0.15, 0.2) is 17.9 Å². The molecule has 210 valence electrons. The van der Waals surface area contributed by atoms with E-state index in [0.717, 1.165) is 10.5 Å². The number of rotatable bonds is 8. The van der Waals surface area contributed by atoms with Gasteiger partial charge in [-0.25, -0.2) is 22.4 Å². The predicted octanol–water partition coefficient (Wildman–Crippen LogP) is 4.25. The van der Waals surface area contributed by atoms with Gasteiger partial charge < -0.3 is 14.2 Å². The monoisotopic (exact) mass is 588 g/mol. The molecule has 2 heterocycles. The number of cyclic esters (lactones) is 1. The van der Waals surface area contributed by atoms with Crippen molar-refractivity contribution in [3.63, 3.8) is 0 Å². The normalized spacial score (nSPS) is 20.5. The molecule has 9 nitrogen and oxygen atoms in total. The lowest BCUT2D eigenvalue weighted by Crippen LogP contribution is -2.64. The number of benzene rings is 3. The van der Waals surface area contributed by atoms with Crippen LogP contribution >= 0.6 is 11.6 Å². The highest BCUT2D eigenvalue weighted by Crippen LogP contribution is 2.40. The van der Waals surface area contributed by atoms with E-state index in [1.165, 1.54) is 47.6 Å². The number of halogens is 2. The van der Waals surface area contributed by atoms with Gasteiger partial charge in [0.1, 0.15) is 17.6 Å². The first-order valence-corrected chi connectivity index (χ1v) is 14.4. The second kappa shape index (κ2) is 11.1. The van der Waals surface area contributed by atoms with Crippen LogP contribution in [-0.2, 0) is 36.3 Å². The van der Waals surface area contributed by atoms with Gasteiger partial charge in [-0.3, -0.25) is 4.90 Å². The number of hydrogen-bond donors (Lipinski definition) is 0. The Morgan fingerprint density at radius 1 is 1.07 bits per heavy atom. The maximum Gasteiger partial charge on any atom is 0.414 e. The van der Waals surface area contributed by atoms with E-state index in [1.807, 2.05) is 30.3 Å². The first-order valence-electron chi connectivity index (χ1n) is 12.4. The van der Waals surface area contributed by atoms with Crippen molar-refractivity contribution in [2.75, 3.05) is 19.2 Å². The van der Waals surface area contributed by atoms with E-state index in [-0.39, 0.29) is 30.5 Å². The molecule has 1 amide bonds. The molecule has 2 fully saturated rings. The van der Waals surface area contributed by atoms with Crippen LogP contribution in [0.25, 0.3) is 0 Å². The molecule has 3 aromatic carbocycles. The summed E-state index contributed by atoms with van der Waals surface area (Å²) < 4.78 is 58.3. The van der Waals surface area contributed by atoms with Gasteiger partial charge in [0.25, 0.3) is 0 Å². The van der Waals surface area contributed by atoms with Crippen LogP contribution in [-0.4, -0.2) is 61.1 Å². The summed E-state index contributed by atoms with van der Waals surface area (Å²) in [6.07, 6.45) is -1.64. The number of amides is 1. The van der Waals surface area contributed by atoms with Crippen LogP contribution in [0.1, 0.15) is 18.1 Å². The van der Waals surface area contributed by atoms with Gasteiger partial charge in [-0.15, -0.1) is 0 Å². The Morgan fingerprint density at radius 2 is 1.77 bits per heavy atom. The van der Waals surface area contributed by atoms with Crippen molar-refractivity contribution in [2.45, 2.75) is 36.1 Å². The number of hydrogen-bond acceptors (Lipinski definition) is 7. The lowest BCUT2D eigenvalue weighted by Gasteiger charge is -2.48. The minimum atomic E-state index is -3.94. The van der Waals surface area contributed by atoms with E-state index in [2.05, 4.69) is 0 Å². The molecule has 0 spiro atoms. The number of esters is 1. The van der Waals surface area contributed by atoms with E-state index in [1.54, 1.807) is 12.1 Å². The van der Waals surface area contributed by atoms with Gasteiger partial charge in [-0.1, -0.05) is 54.1 Å². The zero-order chi connectivity index (χ0) is 28.5. The van der Waals surface area contributed by atoms with Crippen LogP contribution in [0.4, 0.5) is 9.18 Å². The Bertz CT molecular complexity index is 1500. The van der Waals surface area contributed by atoms with E-state index >= 15 is 0 Å². The van der Waals surface area contributed by atoms with Crippen LogP contribution in [0, 0.1) is 5.82 Å². The maximum absolute atomic E-state index is 13.6. The zero-order valence-electron chi connectivity index (χ0n) is 21.4. The minimum absolute atomic E-state index is 0.0194. The van der Waals surface area contributed by atoms with Gasteiger partial charge in [-0.2, -0.15) is 4.31 Å². The Balaban J connectivity index is 1.36. The molecule has 0 aliphatic carbocycles. The molecule has 2 atom stereocenters. The summed E-state index contributed by atoms with van der Waals surface area (Å²) in [7, 11) is -3.94. The van der Waals surface area contributed by atoms with E-state index in [0.29, 0.717) is 11.3 Å². The summed E-state index contributed by atoms with van der Waals surface area (Å²) in [4.78, 5) is 26.0. The first kappa shape index (κ1) is 27.9. The van der Waals surface area contributed by atoms with Crippen molar-refractivity contribution in [3.8, 4) is 5.75 Å². The molecule has 2 aliphatic rings. The molecule has 2 aliphatic heterocycles. The topological polar surface area (TPSA) is 102 Å². The van der Waals surface area contributed by atoms with Crippen molar-refractivity contribution in [1.82, 2.24) is 9.21 Å². The summed E-state index contributed by atoms with van der Waals surface area (Å²) in [6.45, 7) is 1.60. The number of ether oxygens (including phenoxy) is 3. The summed E-state index contributed by atoms with van der Waals surface area (Å²) in [5.74, 6) is -0.613. The summed E-state index contributed by atoms with van der Waals surface area (Å²) in [5.41, 5.74) is 0.340. The lowest BCUT2D eigenvalue weighted by molar-refractivity contribution is -0.142. The third kappa shape index (κ3) is 5.36. The van der Waals surface area contributed by atoms with Crippen LogP contribution < -0.4 is 4.74 Å². The molecule has 0 N–H and O–H groups in total. The second-order valence-electron chi connectivity index (χ2n) is 9.52. The summed E-state index contributed by atoms with van der Waals surface area (Å²) in [6, 6.07) is 19.6. The zero-order valence-corrected chi connectivity index (χ0v) is 23.0. The van der Waals surface area contributed by atoms with Crippen LogP contribution in [0.2, 0.25) is 0 Å². The fourth-order valence-electron chi connectivity index (χ4n) is 4.92. The number of alkyl halides is 1. The Morgan fingerprint density at radius 3 is 2.45 bits per heavy atom. The third-order valence-electron chi connectivity index (χ3n) is 6.93. The van der Waals surface area contributed by atoms with E-state index < -0.39 is 45.8 Å². The maximum atomic E-state index is 13.6. The molecule has 40 heavy (non-hydrogen) atoms. The third-order valence-corrected chi connectivity index (χ3v) is 8.83. The highest BCUT2D eigenvalue weighted by atomic mass is 35.5. The summed E-state index contributed by atoms with van der Waals surface area (Å²) in [5, 5.41) is 0. The highest BCUT2D eigenvalue weighted by molar-refractivity contribution is 7.89. The number of carbonyl (C=O) groups excluding carboxylic acids is 2. The molecule has 0 aromatic heterocycles. The molecule has 3 aromatic rings. The minimum Gasteiger partial charge on any atom is -0.480 e. The molecule has 12 heteroatoms. The standard InChI is InChI=1S/C28H26ClFN2O7S/c1-19-32(27(34)37-18-29)25(26(33)38-19)15-20-6-5-9-24(14-20)40(35,36)31-16-28(17-31,21-7-3-2-4-8-21)39-23-12-10-22(30)11-13-23/h2-14,19,25H,15-18H2,1H3/t19?,25-/m0/s1. The van der Waals surface area contributed by atoms with E-state index in [9.17, 15) is 22.4 Å². The molecule has 5 rings (SSSR count). The quantitative estimate of drug-likeness (QED) is 0.286. The largest absolute Gasteiger partial charge is 0.480 e. The fraction of sp³-hybridized carbons (Fsp3) is 0.286. The molecule has 2 saturated heterocycles. The Labute approximate surface area is 236 Å². The Kier molecular flexibility index (Phi) is 7.72. The summed E-state index contributed by atoms with van der Waals surface area (Å²) >= 11 is 5.51. The van der Waals surface area contributed by atoms with Crippen molar-refractivity contribution < 1.29 is 36.6 Å². The van der Waals surface area contributed by atoms with Gasteiger partial charge in [-0.05, 0) is 54.4 Å². The van der Waals surface area contributed by atoms with Crippen LogP contribution in [0.3, 0.4) is 0 Å². The van der Waals surface area contributed by atoms with Crippen molar-refractivity contribution in [2.24, 2.45) is 0 Å². The van der Waals surface area contributed by atoms with Crippen LogP contribution in [0.5, 0.6) is 5.75 Å². The molecule has 0 saturated carbocycles. The van der Waals surface area contributed by atoms with Crippen molar-refractivity contribution >= 4 is 33.7 Å². The highest BCUT2D eigenvalue weighted by Gasteiger charge is 2.52. The molecule has 0 radical (unpaired) electrons.